The van der Waals surface area contributed by atoms with Crippen LogP contribution in [0.25, 0.3) is 0 Å². The van der Waals surface area contributed by atoms with Crippen LogP contribution in [-0.2, 0) is 33.9 Å². The van der Waals surface area contributed by atoms with Crippen LogP contribution in [-0.4, -0.2) is 56.8 Å². The Bertz CT molecular complexity index is 806. The van der Waals surface area contributed by atoms with Crippen molar-refractivity contribution in [3.8, 4) is 5.75 Å². The van der Waals surface area contributed by atoms with Gasteiger partial charge in [0.1, 0.15) is 12.4 Å². The van der Waals surface area contributed by atoms with E-state index in [0.29, 0.717) is 13.1 Å². The SMILES string of the molecule is COc1cccc(COC(=O)N2CCc3[nH]cnc3C2)c1.O=C(O)C(=O)O. The van der Waals surface area contributed by atoms with E-state index in [1.54, 1.807) is 18.3 Å². The molecule has 0 unspecified atom stereocenters. The molecule has 2 aromatic rings. The summed E-state index contributed by atoms with van der Waals surface area (Å²) in [6.07, 6.45) is 2.13. The number of nitrogens with zero attached hydrogens (tertiary/aromatic N) is 2. The standard InChI is InChI=1S/C15H17N3O3.C2H2O4/c1-20-12-4-2-3-11(7-12)9-21-15(19)18-6-5-13-14(8-18)17-10-16-13;3-1(4)2(5)6/h2-4,7,10H,5-6,8-9H2,1H3,(H,16,17);(H,3,4)(H,5,6). The van der Waals surface area contributed by atoms with Gasteiger partial charge in [0, 0.05) is 18.7 Å². The maximum atomic E-state index is 12.1. The minimum Gasteiger partial charge on any atom is -0.497 e. The van der Waals surface area contributed by atoms with Crippen molar-refractivity contribution in [3.63, 3.8) is 0 Å². The molecule has 1 amide bonds. The first-order valence-electron chi connectivity index (χ1n) is 7.92. The van der Waals surface area contributed by atoms with E-state index in [9.17, 15) is 4.79 Å². The summed E-state index contributed by atoms with van der Waals surface area (Å²) in [5, 5.41) is 14.8. The predicted octanol–water partition coefficient (Wildman–Crippen LogP) is 1.27. The Morgan fingerprint density at radius 3 is 2.67 bits per heavy atom. The summed E-state index contributed by atoms with van der Waals surface area (Å²) in [6.45, 7) is 1.38. The number of carbonyl (C=O) groups excluding carboxylic acids is 1. The molecule has 0 atom stereocenters. The molecule has 0 spiro atoms. The number of nitrogens with one attached hydrogen (secondary N) is 1. The number of imidazole rings is 1. The van der Waals surface area contributed by atoms with E-state index in [4.69, 9.17) is 29.3 Å². The van der Waals surface area contributed by atoms with Gasteiger partial charge in [-0.05, 0) is 17.7 Å². The first-order chi connectivity index (χ1) is 12.9. The molecule has 0 aliphatic carbocycles. The molecule has 1 aliphatic heterocycles. The van der Waals surface area contributed by atoms with E-state index >= 15 is 0 Å². The quantitative estimate of drug-likeness (QED) is 0.679. The second kappa shape index (κ2) is 9.22. The predicted molar refractivity (Wildman–Crippen MR) is 91.2 cm³/mol. The lowest BCUT2D eigenvalue weighted by atomic mass is 10.1. The van der Waals surface area contributed by atoms with Crippen LogP contribution in [0.15, 0.2) is 30.6 Å². The van der Waals surface area contributed by atoms with Gasteiger partial charge in [-0.15, -0.1) is 0 Å². The largest absolute Gasteiger partial charge is 0.497 e. The van der Waals surface area contributed by atoms with Crippen molar-refractivity contribution in [2.45, 2.75) is 19.6 Å². The maximum Gasteiger partial charge on any atom is 0.414 e. The van der Waals surface area contributed by atoms with E-state index in [2.05, 4.69) is 9.97 Å². The van der Waals surface area contributed by atoms with Crippen molar-refractivity contribution in [2.24, 2.45) is 0 Å². The first kappa shape index (κ1) is 19.8. The molecule has 0 bridgehead atoms. The number of carboxylic acid groups (broad SMARTS) is 2. The summed E-state index contributed by atoms with van der Waals surface area (Å²) in [5.74, 6) is -2.90. The van der Waals surface area contributed by atoms with Gasteiger partial charge in [-0.3, -0.25) is 0 Å². The fraction of sp³-hybridized carbons (Fsp3) is 0.294. The normalized spacial score (nSPS) is 12.3. The van der Waals surface area contributed by atoms with Crippen LogP contribution in [0.3, 0.4) is 0 Å². The van der Waals surface area contributed by atoms with Gasteiger partial charge in [0.25, 0.3) is 0 Å². The zero-order valence-electron chi connectivity index (χ0n) is 14.5. The van der Waals surface area contributed by atoms with Crippen LogP contribution in [0.4, 0.5) is 4.79 Å². The van der Waals surface area contributed by atoms with Gasteiger partial charge >= 0.3 is 18.0 Å². The molecule has 10 heteroatoms. The Balaban J connectivity index is 0.000000380. The Morgan fingerprint density at radius 1 is 1.26 bits per heavy atom. The van der Waals surface area contributed by atoms with Crippen LogP contribution < -0.4 is 4.74 Å². The Labute approximate surface area is 154 Å². The zero-order chi connectivity index (χ0) is 19.8. The molecular formula is C17H19N3O7. The molecule has 144 valence electrons. The highest BCUT2D eigenvalue weighted by atomic mass is 16.6. The Hall–Kier alpha value is -3.56. The van der Waals surface area contributed by atoms with Crippen molar-refractivity contribution in [3.05, 3.63) is 47.5 Å². The second-order valence-electron chi connectivity index (χ2n) is 5.52. The van der Waals surface area contributed by atoms with E-state index in [1.807, 2.05) is 24.3 Å². The molecule has 2 heterocycles. The van der Waals surface area contributed by atoms with Gasteiger partial charge in [0.05, 0.1) is 25.7 Å². The number of hydrogen-bond acceptors (Lipinski definition) is 6. The number of amides is 1. The average Bonchev–Trinajstić information content (AvgIpc) is 3.14. The van der Waals surface area contributed by atoms with E-state index in [0.717, 1.165) is 29.1 Å². The number of aromatic nitrogens is 2. The Morgan fingerprint density at radius 2 is 2.00 bits per heavy atom. The highest BCUT2D eigenvalue weighted by Gasteiger charge is 2.23. The molecule has 0 saturated carbocycles. The van der Waals surface area contributed by atoms with E-state index in [1.165, 1.54) is 0 Å². The van der Waals surface area contributed by atoms with Crippen LogP contribution in [0.2, 0.25) is 0 Å². The minimum atomic E-state index is -1.82. The number of carboxylic acids is 2. The fourth-order valence-electron chi connectivity index (χ4n) is 2.36. The third kappa shape index (κ3) is 5.73. The third-order valence-electron chi connectivity index (χ3n) is 3.72. The number of fused-ring (bicyclic) bond motifs is 1. The smallest absolute Gasteiger partial charge is 0.414 e. The van der Waals surface area contributed by atoms with Crippen molar-refractivity contribution >= 4 is 18.0 Å². The van der Waals surface area contributed by atoms with Gasteiger partial charge < -0.3 is 29.6 Å². The summed E-state index contributed by atoms with van der Waals surface area (Å²) in [7, 11) is 1.61. The van der Waals surface area contributed by atoms with Gasteiger partial charge in [-0.2, -0.15) is 0 Å². The number of hydrogen-bond donors (Lipinski definition) is 3. The fourth-order valence-corrected chi connectivity index (χ4v) is 2.36. The van der Waals surface area contributed by atoms with Crippen LogP contribution in [0.5, 0.6) is 5.75 Å². The lowest BCUT2D eigenvalue weighted by molar-refractivity contribution is -0.159. The molecule has 1 aliphatic rings. The minimum absolute atomic E-state index is 0.236. The van der Waals surface area contributed by atoms with Gasteiger partial charge in [-0.1, -0.05) is 12.1 Å². The second-order valence-corrected chi connectivity index (χ2v) is 5.52. The van der Waals surface area contributed by atoms with E-state index < -0.39 is 11.9 Å². The first-order valence-corrected chi connectivity index (χ1v) is 7.92. The van der Waals surface area contributed by atoms with E-state index in [-0.39, 0.29) is 12.7 Å². The van der Waals surface area contributed by atoms with Gasteiger partial charge in [0.15, 0.2) is 0 Å². The molecule has 0 fully saturated rings. The monoisotopic (exact) mass is 377 g/mol. The van der Waals surface area contributed by atoms with Crippen molar-refractivity contribution in [1.29, 1.82) is 0 Å². The lowest BCUT2D eigenvalue weighted by Crippen LogP contribution is -2.36. The molecule has 1 aromatic carbocycles. The average molecular weight is 377 g/mol. The topological polar surface area (TPSA) is 142 Å². The summed E-state index contributed by atoms with van der Waals surface area (Å²) in [4.78, 5) is 39.3. The van der Waals surface area contributed by atoms with Crippen molar-refractivity contribution in [1.82, 2.24) is 14.9 Å². The summed E-state index contributed by atoms with van der Waals surface area (Å²) in [5.41, 5.74) is 2.92. The van der Waals surface area contributed by atoms with Gasteiger partial charge in [-0.25, -0.2) is 19.4 Å². The summed E-state index contributed by atoms with van der Waals surface area (Å²) < 4.78 is 10.5. The molecule has 10 nitrogen and oxygen atoms in total. The van der Waals surface area contributed by atoms with Crippen LogP contribution in [0.1, 0.15) is 17.0 Å². The van der Waals surface area contributed by atoms with Gasteiger partial charge in [0.2, 0.25) is 0 Å². The molecule has 1 aromatic heterocycles. The number of rotatable bonds is 3. The molecule has 3 rings (SSSR count). The summed E-state index contributed by atoms with van der Waals surface area (Å²) in [6, 6.07) is 7.49. The zero-order valence-corrected chi connectivity index (χ0v) is 14.5. The number of benzene rings is 1. The molecule has 27 heavy (non-hydrogen) atoms. The van der Waals surface area contributed by atoms with Crippen molar-refractivity contribution in [2.75, 3.05) is 13.7 Å². The molecule has 0 radical (unpaired) electrons. The lowest BCUT2D eigenvalue weighted by Gasteiger charge is -2.25. The van der Waals surface area contributed by atoms with Crippen LogP contribution >= 0.6 is 0 Å². The maximum absolute atomic E-state index is 12.1. The highest BCUT2D eigenvalue weighted by molar-refractivity contribution is 6.27. The highest BCUT2D eigenvalue weighted by Crippen LogP contribution is 2.17. The number of carbonyl (C=O) groups is 3. The van der Waals surface area contributed by atoms with Crippen LogP contribution in [0, 0.1) is 0 Å². The molecule has 0 saturated heterocycles. The number of H-pyrrole nitrogens is 1. The number of aromatic amines is 1. The number of methoxy groups -OCH3 is 1. The third-order valence-corrected chi connectivity index (χ3v) is 3.72. The number of ether oxygens (including phenoxy) is 2. The molecular weight excluding hydrogens is 358 g/mol. The van der Waals surface area contributed by atoms with Crippen molar-refractivity contribution < 1.29 is 34.1 Å². The Kier molecular flexibility index (Phi) is 6.75. The number of aliphatic carboxylic acids is 2. The summed E-state index contributed by atoms with van der Waals surface area (Å²) >= 11 is 0. The molecule has 3 N–H and O–H groups in total.